The Morgan fingerprint density at radius 1 is 1.03 bits per heavy atom. The lowest BCUT2D eigenvalue weighted by Crippen LogP contribution is -2.13. The lowest BCUT2D eigenvalue weighted by atomic mass is 10.0. The van der Waals surface area contributed by atoms with Crippen molar-refractivity contribution in [2.75, 3.05) is 11.9 Å². The molecular formula is C31H27IN2O3. The SMILES string of the molecule is CCOc1cc(/C=C(\C#N)C(=O)Nc2ccc(C)cc2)cc(I)c1OCc1c(C)ccc2ccccc12. The number of carbonyl (C=O) groups excluding carboxylic acids is 1. The zero-order valence-electron chi connectivity index (χ0n) is 21.0. The summed E-state index contributed by atoms with van der Waals surface area (Å²) in [5.41, 5.74) is 4.68. The molecule has 1 N–H and O–H groups in total. The van der Waals surface area contributed by atoms with Gasteiger partial charge in [0.15, 0.2) is 11.5 Å². The van der Waals surface area contributed by atoms with Crippen LogP contribution in [0.5, 0.6) is 11.5 Å². The molecule has 0 saturated heterocycles. The van der Waals surface area contributed by atoms with Crippen molar-refractivity contribution in [2.45, 2.75) is 27.4 Å². The van der Waals surface area contributed by atoms with E-state index in [-0.39, 0.29) is 5.57 Å². The fourth-order valence-corrected chi connectivity index (χ4v) is 4.79. The summed E-state index contributed by atoms with van der Waals surface area (Å²) in [6, 6.07) is 25.6. The summed E-state index contributed by atoms with van der Waals surface area (Å²) >= 11 is 2.20. The second-order valence-corrected chi connectivity index (χ2v) is 9.79. The zero-order chi connectivity index (χ0) is 26.4. The van der Waals surface area contributed by atoms with Gasteiger partial charge in [-0.15, -0.1) is 0 Å². The number of carbonyl (C=O) groups is 1. The molecule has 0 aliphatic carbocycles. The number of halogens is 1. The topological polar surface area (TPSA) is 71.3 Å². The van der Waals surface area contributed by atoms with Crippen LogP contribution in [-0.2, 0) is 11.4 Å². The Hall–Kier alpha value is -3.83. The summed E-state index contributed by atoms with van der Waals surface area (Å²) in [6.45, 7) is 6.80. The van der Waals surface area contributed by atoms with Gasteiger partial charge in [-0.2, -0.15) is 5.26 Å². The van der Waals surface area contributed by atoms with E-state index in [2.05, 4.69) is 59.1 Å². The van der Waals surface area contributed by atoms with E-state index in [1.165, 1.54) is 5.39 Å². The first-order valence-electron chi connectivity index (χ1n) is 12.0. The minimum absolute atomic E-state index is 0.00104. The summed E-state index contributed by atoms with van der Waals surface area (Å²) < 4.78 is 13.0. The fraction of sp³-hybridized carbons (Fsp3) is 0.161. The highest BCUT2D eigenvalue weighted by Crippen LogP contribution is 2.36. The molecule has 37 heavy (non-hydrogen) atoms. The van der Waals surface area contributed by atoms with Crippen LogP contribution in [0, 0.1) is 28.7 Å². The fourth-order valence-electron chi connectivity index (χ4n) is 4.01. The maximum absolute atomic E-state index is 12.7. The molecule has 0 aliphatic rings. The predicted octanol–water partition coefficient (Wildman–Crippen LogP) is 7.58. The van der Waals surface area contributed by atoms with Crippen LogP contribution >= 0.6 is 22.6 Å². The van der Waals surface area contributed by atoms with Crippen LogP contribution in [0.2, 0.25) is 0 Å². The smallest absolute Gasteiger partial charge is 0.266 e. The van der Waals surface area contributed by atoms with Gasteiger partial charge in [0.25, 0.3) is 5.91 Å². The highest BCUT2D eigenvalue weighted by molar-refractivity contribution is 14.1. The number of amides is 1. The summed E-state index contributed by atoms with van der Waals surface area (Å²) in [5, 5.41) is 14.8. The molecule has 0 aliphatic heterocycles. The largest absolute Gasteiger partial charge is 0.490 e. The molecule has 0 heterocycles. The molecule has 0 aromatic heterocycles. The third-order valence-corrected chi connectivity index (χ3v) is 6.75. The van der Waals surface area contributed by atoms with Gasteiger partial charge >= 0.3 is 0 Å². The molecule has 5 nitrogen and oxygen atoms in total. The molecule has 0 saturated carbocycles. The number of fused-ring (bicyclic) bond motifs is 1. The molecule has 0 fully saturated rings. The molecule has 6 heteroatoms. The number of hydrogen-bond donors (Lipinski definition) is 1. The molecule has 186 valence electrons. The van der Waals surface area contributed by atoms with Gasteiger partial charge in [-0.25, -0.2) is 0 Å². The summed E-state index contributed by atoms with van der Waals surface area (Å²) in [7, 11) is 0. The van der Waals surface area contributed by atoms with Crippen molar-refractivity contribution in [3.8, 4) is 17.6 Å². The third-order valence-electron chi connectivity index (χ3n) is 5.95. The van der Waals surface area contributed by atoms with Gasteiger partial charge in [0.2, 0.25) is 0 Å². The first-order valence-corrected chi connectivity index (χ1v) is 13.0. The van der Waals surface area contributed by atoms with Crippen LogP contribution in [0.3, 0.4) is 0 Å². The number of nitrogens with zero attached hydrogens (tertiary/aromatic N) is 1. The van der Waals surface area contributed by atoms with Crippen LogP contribution in [0.4, 0.5) is 5.69 Å². The van der Waals surface area contributed by atoms with E-state index in [1.54, 1.807) is 12.1 Å². The van der Waals surface area contributed by atoms with Gasteiger partial charge in [0, 0.05) is 11.3 Å². The summed E-state index contributed by atoms with van der Waals surface area (Å²) in [5.74, 6) is 0.732. The maximum Gasteiger partial charge on any atom is 0.266 e. The van der Waals surface area contributed by atoms with Crippen molar-refractivity contribution < 1.29 is 14.3 Å². The highest BCUT2D eigenvalue weighted by atomic mass is 127. The van der Waals surface area contributed by atoms with E-state index in [4.69, 9.17) is 9.47 Å². The van der Waals surface area contributed by atoms with Crippen molar-refractivity contribution in [3.05, 3.63) is 104 Å². The van der Waals surface area contributed by atoms with Crippen LogP contribution in [0.15, 0.2) is 78.4 Å². The number of aryl methyl sites for hydroxylation is 2. The first kappa shape index (κ1) is 26.2. The van der Waals surface area contributed by atoms with E-state index in [0.717, 1.165) is 25.6 Å². The number of nitrogens with one attached hydrogen (secondary N) is 1. The van der Waals surface area contributed by atoms with Gasteiger partial charge in [-0.3, -0.25) is 4.79 Å². The minimum Gasteiger partial charge on any atom is -0.490 e. The molecule has 0 atom stereocenters. The number of hydrogen-bond acceptors (Lipinski definition) is 4. The normalized spacial score (nSPS) is 11.2. The molecule has 0 radical (unpaired) electrons. The Morgan fingerprint density at radius 3 is 2.51 bits per heavy atom. The molecule has 1 amide bonds. The average molecular weight is 602 g/mol. The maximum atomic E-state index is 12.7. The second kappa shape index (κ2) is 11.9. The van der Waals surface area contributed by atoms with Crippen LogP contribution in [-0.4, -0.2) is 12.5 Å². The van der Waals surface area contributed by atoms with Gasteiger partial charge in [0.1, 0.15) is 18.2 Å². The molecule has 4 aromatic carbocycles. The van der Waals surface area contributed by atoms with Crippen LogP contribution in [0.25, 0.3) is 16.8 Å². The van der Waals surface area contributed by atoms with Gasteiger partial charge in [-0.1, -0.05) is 54.1 Å². The summed E-state index contributed by atoms with van der Waals surface area (Å²) in [4.78, 5) is 12.7. The van der Waals surface area contributed by atoms with Gasteiger partial charge in [-0.05, 0) is 95.6 Å². The third kappa shape index (κ3) is 6.30. The monoisotopic (exact) mass is 602 g/mol. The van der Waals surface area contributed by atoms with Gasteiger partial charge < -0.3 is 14.8 Å². The average Bonchev–Trinajstić information content (AvgIpc) is 2.89. The second-order valence-electron chi connectivity index (χ2n) is 8.62. The summed E-state index contributed by atoms with van der Waals surface area (Å²) in [6.07, 6.45) is 1.56. The van der Waals surface area contributed by atoms with Crippen molar-refractivity contribution in [2.24, 2.45) is 0 Å². The van der Waals surface area contributed by atoms with Crippen molar-refractivity contribution in [1.82, 2.24) is 0 Å². The van der Waals surface area contributed by atoms with Crippen molar-refractivity contribution >= 4 is 51.0 Å². The minimum atomic E-state index is -0.467. The van der Waals surface area contributed by atoms with E-state index in [9.17, 15) is 10.1 Å². The Kier molecular flexibility index (Phi) is 8.47. The number of rotatable bonds is 8. The molecule has 4 rings (SSSR count). The number of benzene rings is 4. The highest BCUT2D eigenvalue weighted by Gasteiger charge is 2.16. The molecular weight excluding hydrogens is 575 g/mol. The Balaban J connectivity index is 1.61. The van der Waals surface area contributed by atoms with E-state index >= 15 is 0 Å². The molecule has 0 unspecified atom stereocenters. The van der Waals surface area contributed by atoms with E-state index in [0.29, 0.717) is 36.0 Å². The Morgan fingerprint density at radius 2 is 1.78 bits per heavy atom. The predicted molar refractivity (Wildman–Crippen MR) is 157 cm³/mol. The van der Waals surface area contributed by atoms with E-state index in [1.807, 2.05) is 62.4 Å². The lowest BCUT2D eigenvalue weighted by Gasteiger charge is -2.17. The molecule has 0 bridgehead atoms. The van der Waals surface area contributed by atoms with Crippen molar-refractivity contribution in [1.29, 1.82) is 5.26 Å². The standard InChI is InChI=1S/C31H27IN2O3/c1-4-36-29-17-22(15-24(18-33)31(35)34-25-13-9-20(2)10-14-25)16-28(32)30(29)37-19-27-21(3)11-12-23-7-5-6-8-26(23)27/h5-17H,4,19H2,1-3H3,(H,34,35)/b24-15+. The number of nitriles is 1. The van der Waals surface area contributed by atoms with Crippen LogP contribution in [0.1, 0.15) is 29.2 Å². The van der Waals surface area contributed by atoms with Crippen molar-refractivity contribution in [3.63, 3.8) is 0 Å². The first-order chi connectivity index (χ1) is 17.9. The molecule has 4 aromatic rings. The Bertz CT molecular complexity index is 1520. The van der Waals surface area contributed by atoms with Crippen LogP contribution < -0.4 is 14.8 Å². The zero-order valence-corrected chi connectivity index (χ0v) is 23.1. The Labute approximate surface area is 230 Å². The quantitative estimate of drug-likeness (QED) is 0.128. The molecule has 0 spiro atoms. The lowest BCUT2D eigenvalue weighted by molar-refractivity contribution is -0.112. The number of anilines is 1. The van der Waals surface area contributed by atoms with E-state index < -0.39 is 5.91 Å². The van der Waals surface area contributed by atoms with Gasteiger partial charge in [0.05, 0.1) is 10.2 Å². The number of ether oxygens (including phenoxy) is 2.